The van der Waals surface area contributed by atoms with Gasteiger partial charge >= 0.3 is 23.9 Å². The van der Waals surface area contributed by atoms with Crippen LogP contribution >= 0.6 is 0 Å². The minimum Gasteiger partial charge on any atom is -0.479 e. The van der Waals surface area contributed by atoms with Crippen LogP contribution in [0.2, 0.25) is 0 Å². The Bertz CT molecular complexity index is 1220. The highest BCUT2D eigenvalue weighted by Crippen LogP contribution is 2.35. The summed E-state index contributed by atoms with van der Waals surface area (Å²) in [5.41, 5.74) is 0. The van der Waals surface area contributed by atoms with Crippen LogP contribution in [0.4, 0.5) is 0 Å². The summed E-state index contributed by atoms with van der Waals surface area (Å²) in [4.78, 5) is 47.5. The molecule has 0 bridgehead atoms. The molecule has 4 saturated heterocycles. The van der Waals surface area contributed by atoms with Crippen molar-refractivity contribution in [2.24, 2.45) is 5.92 Å². The van der Waals surface area contributed by atoms with Crippen molar-refractivity contribution in [1.82, 2.24) is 0 Å². The molecule has 12 N–H and O–H groups in total. The van der Waals surface area contributed by atoms with Crippen molar-refractivity contribution in [2.75, 3.05) is 0 Å². The lowest BCUT2D eigenvalue weighted by atomic mass is 9.90. The van der Waals surface area contributed by atoms with E-state index in [1.807, 2.05) is 0 Å². The number of aliphatic hydroxyl groups excluding tert-OH is 8. The smallest absolute Gasteiger partial charge is 0.335 e. The number of aliphatic hydroxyl groups is 8. The van der Waals surface area contributed by atoms with Crippen LogP contribution in [-0.2, 0) is 52.3 Å². The summed E-state index contributed by atoms with van der Waals surface area (Å²) in [6, 6.07) is 0. The predicted octanol–water partition coefficient (Wildman–Crippen LogP) is -7.03. The Kier molecular flexibility index (Phi) is 12.2. The molecule has 20 atom stereocenters. The second-order valence-electron chi connectivity index (χ2n) is 12.0. The molecule has 4 rings (SSSR count). The van der Waals surface area contributed by atoms with Crippen LogP contribution in [-0.4, -0.2) is 202 Å². The molecule has 0 unspecified atom stereocenters. The molecule has 4 fully saturated rings. The predicted molar refractivity (Wildman–Crippen MR) is 143 cm³/mol. The van der Waals surface area contributed by atoms with Gasteiger partial charge < -0.3 is 94.4 Å². The monoisotopic (exact) mass is 718 g/mol. The van der Waals surface area contributed by atoms with Crippen LogP contribution in [0.3, 0.4) is 0 Å². The van der Waals surface area contributed by atoms with Crippen molar-refractivity contribution < 1.29 is 114 Å². The first-order valence-electron chi connectivity index (χ1n) is 14.7. The third kappa shape index (κ3) is 7.65. The second-order valence-corrected chi connectivity index (χ2v) is 12.0. The highest BCUT2D eigenvalue weighted by atomic mass is 16.8. The molecule has 23 nitrogen and oxygen atoms in total. The van der Waals surface area contributed by atoms with E-state index >= 15 is 0 Å². The highest BCUT2D eigenvalue weighted by molar-refractivity contribution is 5.75. The lowest BCUT2D eigenvalue weighted by Crippen LogP contribution is -2.68. The number of rotatable bonds is 10. The van der Waals surface area contributed by atoms with E-state index in [-0.39, 0.29) is 0 Å². The van der Waals surface area contributed by atoms with Crippen molar-refractivity contribution in [1.29, 1.82) is 0 Å². The van der Waals surface area contributed by atoms with Crippen LogP contribution in [0.15, 0.2) is 0 Å². The zero-order valence-corrected chi connectivity index (χ0v) is 25.4. The fourth-order valence-corrected chi connectivity index (χ4v) is 5.85. The van der Waals surface area contributed by atoms with Gasteiger partial charge in [-0.05, 0) is 6.92 Å². The summed E-state index contributed by atoms with van der Waals surface area (Å²) in [7, 11) is 0. The van der Waals surface area contributed by atoms with E-state index in [0.717, 1.165) is 0 Å². The minimum absolute atomic E-state index is 1.17. The molecule has 23 heteroatoms. The quantitative estimate of drug-likeness (QED) is 0.0998. The van der Waals surface area contributed by atoms with Crippen LogP contribution < -0.4 is 0 Å². The lowest BCUT2D eigenvalue weighted by molar-refractivity contribution is -0.374. The first kappa shape index (κ1) is 39.1. The third-order valence-electron chi connectivity index (χ3n) is 8.69. The molecule has 0 spiro atoms. The molecule has 0 aromatic rings. The molecule has 0 aromatic carbocycles. The van der Waals surface area contributed by atoms with Gasteiger partial charge in [0.05, 0.1) is 12.2 Å². The Morgan fingerprint density at radius 1 is 0.408 bits per heavy atom. The van der Waals surface area contributed by atoms with Gasteiger partial charge in [0.1, 0.15) is 61.0 Å². The number of carboxylic acids is 4. The molecule has 280 valence electrons. The Labute approximate surface area is 274 Å². The van der Waals surface area contributed by atoms with Gasteiger partial charge in [0.25, 0.3) is 0 Å². The largest absolute Gasteiger partial charge is 0.479 e. The fraction of sp³-hybridized carbons (Fsp3) is 0.846. The summed E-state index contributed by atoms with van der Waals surface area (Å²) < 4.78 is 36.5. The van der Waals surface area contributed by atoms with E-state index in [1.165, 1.54) is 13.8 Å². The topological polar surface area (TPSA) is 376 Å². The van der Waals surface area contributed by atoms with Gasteiger partial charge in [0.2, 0.25) is 0 Å². The van der Waals surface area contributed by atoms with Crippen LogP contribution in [0.1, 0.15) is 13.8 Å². The molecule has 4 aliphatic heterocycles. The van der Waals surface area contributed by atoms with Gasteiger partial charge in [-0.25, -0.2) is 19.2 Å². The summed E-state index contributed by atoms with van der Waals surface area (Å²) in [5, 5.41) is 123. The van der Waals surface area contributed by atoms with Crippen LogP contribution in [0.25, 0.3) is 0 Å². The Morgan fingerprint density at radius 2 is 0.694 bits per heavy atom. The SMILES string of the molecule is C[C@@H]1[C@H](O)[C@@H](O)[C@@H](O[C@@H]2[C@H](O)[C@@H](O)[C@@H](O[C@@H]3[C@H](O)[C@@H](O)[C@@H](O[C@@H]4[C@H](O)[C@@H](O)[C@@H](C)O[C@@H]4C(=O)O)O[C@@H]3C(=O)O)O[C@@H]2C(=O)O)O[C@@H]1C(=O)O. The molecule has 4 heterocycles. The first-order chi connectivity index (χ1) is 22.8. The molecular formula is C26H38O23. The van der Waals surface area contributed by atoms with Crippen molar-refractivity contribution in [3.63, 3.8) is 0 Å². The van der Waals surface area contributed by atoms with Crippen molar-refractivity contribution in [3.05, 3.63) is 0 Å². The molecule has 49 heavy (non-hydrogen) atoms. The third-order valence-corrected chi connectivity index (χ3v) is 8.69. The molecule has 0 amide bonds. The standard InChI is InChI=1S/C26H38O23/c1-3-5(27)10(32)24(44-13(3)20(35)36)46-15-8(30)12(34)26(49-18(15)22(39)40)47-16-9(31)11(33)25(48-19(16)23(41)42)45-14-7(29)6(28)4(2)43-17(14)21(37)38/h3-19,24-34H,1-2H3,(H,35,36)(H,37,38)(H,39,40)(H,41,42)/t3-,4-,5+,6+,7-,8-,9-,10-,11-,12-,13+,14-,15-,16-,17+,18+,19+,24-,25+,26+/m1/s1. The van der Waals surface area contributed by atoms with Gasteiger partial charge in [0.15, 0.2) is 43.3 Å². The zero-order valence-electron chi connectivity index (χ0n) is 25.4. The maximum Gasteiger partial charge on any atom is 0.335 e. The van der Waals surface area contributed by atoms with E-state index in [4.69, 9.17) is 33.2 Å². The summed E-state index contributed by atoms with van der Waals surface area (Å²) in [6.45, 7) is 2.48. The molecular weight excluding hydrogens is 680 g/mol. The van der Waals surface area contributed by atoms with E-state index in [9.17, 15) is 80.5 Å². The Hall–Kier alpha value is -2.72. The maximum atomic E-state index is 12.1. The fourth-order valence-electron chi connectivity index (χ4n) is 5.85. The van der Waals surface area contributed by atoms with E-state index < -0.39 is 146 Å². The summed E-state index contributed by atoms with van der Waals surface area (Å²) in [6.07, 6.45) is -39.3. The molecule has 0 aliphatic carbocycles. The van der Waals surface area contributed by atoms with E-state index in [2.05, 4.69) is 0 Å². The normalized spacial score (nSPS) is 49.2. The van der Waals surface area contributed by atoms with Crippen molar-refractivity contribution in [2.45, 2.75) is 130 Å². The summed E-state index contributed by atoms with van der Waals surface area (Å²) in [5.74, 6) is -8.25. The van der Waals surface area contributed by atoms with E-state index in [0.29, 0.717) is 0 Å². The van der Waals surface area contributed by atoms with Gasteiger partial charge in [-0.2, -0.15) is 0 Å². The lowest BCUT2D eigenvalue weighted by Gasteiger charge is -2.48. The highest BCUT2D eigenvalue weighted by Gasteiger charge is 2.57. The average molecular weight is 719 g/mol. The number of hydrogen-bond donors (Lipinski definition) is 12. The number of carboxylic acid groups (broad SMARTS) is 4. The maximum absolute atomic E-state index is 12.1. The van der Waals surface area contributed by atoms with Gasteiger partial charge in [-0.15, -0.1) is 0 Å². The molecule has 4 aliphatic rings. The van der Waals surface area contributed by atoms with E-state index in [1.54, 1.807) is 0 Å². The van der Waals surface area contributed by atoms with Gasteiger partial charge in [0, 0.05) is 5.92 Å². The minimum atomic E-state index is -2.36. The average Bonchev–Trinajstić information content (AvgIpc) is 3.03. The number of hydrogen-bond acceptors (Lipinski definition) is 19. The number of aliphatic carboxylic acids is 4. The summed E-state index contributed by atoms with van der Waals surface area (Å²) >= 11 is 0. The molecule has 0 saturated carbocycles. The van der Waals surface area contributed by atoms with Crippen molar-refractivity contribution in [3.8, 4) is 0 Å². The number of carbonyl (C=O) groups is 4. The second kappa shape index (κ2) is 15.3. The van der Waals surface area contributed by atoms with Crippen LogP contribution in [0, 0.1) is 5.92 Å². The molecule has 0 aromatic heterocycles. The van der Waals surface area contributed by atoms with Crippen LogP contribution in [0.5, 0.6) is 0 Å². The van der Waals surface area contributed by atoms with Gasteiger partial charge in [-0.3, -0.25) is 0 Å². The Morgan fingerprint density at radius 3 is 1.04 bits per heavy atom. The van der Waals surface area contributed by atoms with Gasteiger partial charge in [-0.1, -0.05) is 6.92 Å². The Balaban J connectivity index is 1.51. The molecule has 0 radical (unpaired) electrons. The van der Waals surface area contributed by atoms with Crippen molar-refractivity contribution >= 4 is 23.9 Å². The first-order valence-corrected chi connectivity index (χ1v) is 14.7. The zero-order chi connectivity index (χ0) is 36.8. The number of ether oxygens (including phenoxy) is 7.